The predicted octanol–water partition coefficient (Wildman–Crippen LogP) is 1.27. The van der Waals surface area contributed by atoms with Crippen LogP contribution in [0.2, 0.25) is 0 Å². The Hall–Kier alpha value is -2.63. The normalized spacial score (nSPS) is 10.2. The van der Waals surface area contributed by atoms with Gasteiger partial charge >= 0.3 is 5.97 Å². The number of carbonyl (C=O) groups is 2. The first kappa shape index (κ1) is 12.8. The van der Waals surface area contributed by atoms with E-state index in [9.17, 15) is 9.59 Å². The van der Waals surface area contributed by atoms with E-state index in [1.54, 1.807) is 38.5 Å². The zero-order chi connectivity index (χ0) is 14.0. The van der Waals surface area contributed by atoms with Crippen molar-refractivity contribution < 1.29 is 14.7 Å². The topological polar surface area (TPSA) is 75.4 Å². The monoisotopic (exact) mass is 259 g/mol. The van der Waals surface area contributed by atoms with Gasteiger partial charge in [0.1, 0.15) is 0 Å². The van der Waals surface area contributed by atoms with E-state index in [2.05, 4.69) is 5.10 Å². The zero-order valence-corrected chi connectivity index (χ0v) is 10.6. The molecule has 2 rings (SSSR count). The van der Waals surface area contributed by atoms with Crippen LogP contribution in [0.25, 0.3) is 5.69 Å². The highest BCUT2D eigenvalue weighted by Crippen LogP contribution is 2.11. The van der Waals surface area contributed by atoms with Crippen LogP contribution in [0.4, 0.5) is 0 Å². The van der Waals surface area contributed by atoms with Gasteiger partial charge in [-0.3, -0.25) is 4.79 Å². The molecular formula is C13H13N3O3. The molecule has 1 amide bonds. The largest absolute Gasteiger partial charge is 0.478 e. The average Bonchev–Trinajstić information content (AvgIpc) is 2.87. The minimum atomic E-state index is -1.00. The second-order valence-electron chi connectivity index (χ2n) is 4.20. The maximum atomic E-state index is 11.7. The van der Waals surface area contributed by atoms with Gasteiger partial charge in [-0.15, -0.1) is 0 Å². The quantitative estimate of drug-likeness (QED) is 0.900. The summed E-state index contributed by atoms with van der Waals surface area (Å²) in [6, 6.07) is 7.95. The van der Waals surface area contributed by atoms with E-state index >= 15 is 0 Å². The third kappa shape index (κ3) is 2.62. The average molecular weight is 259 g/mol. The van der Waals surface area contributed by atoms with Gasteiger partial charge in [0.25, 0.3) is 5.91 Å². The van der Waals surface area contributed by atoms with Gasteiger partial charge in [-0.25, -0.2) is 9.48 Å². The maximum absolute atomic E-state index is 11.7. The van der Waals surface area contributed by atoms with Gasteiger partial charge in [-0.05, 0) is 24.3 Å². The van der Waals surface area contributed by atoms with Crippen LogP contribution in [0.3, 0.4) is 0 Å². The molecule has 6 nitrogen and oxygen atoms in total. The molecule has 19 heavy (non-hydrogen) atoms. The number of nitrogens with zero attached hydrogens (tertiary/aromatic N) is 3. The number of hydrogen-bond donors (Lipinski definition) is 1. The maximum Gasteiger partial charge on any atom is 0.335 e. The lowest BCUT2D eigenvalue weighted by molar-refractivity contribution is 0.0696. The Morgan fingerprint density at radius 1 is 1.26 bits per heavy atom. The molecule has 0 aliphatic rings. The highest BCUT2D eigenvalue weighted by atomic mass is 16.4. The molecule has 98 valence electrons. The highest BCUT2D eigenvalue weighted by Gasteiger charge is 2.12. The van der Waals surface area contributed by atoms with E-state index in [4.69, 9.17) is 5.11 Å². The van der Waals surface area contributed by atoms with E-state index in [-0.39, 0.29) is 11.5 Å². The molecule has 6 heteroatoms. The fourth-order valence-corrected chi connectivity index (χ4v) is 1.59. The first-order valence-corrected chi connectivity index (χ1v) is 5.60. The van der Waals surface area contributed by atoms with Gasteiger partial charge in [0.05, 0.1) is 11.3 Å². The lowest BCUT2D eigenvalue weighted by Crippen LogP contribution is -2.22. The molecule has 0 atom stereocenters. The summed E-state index contributed by atoms with van der Waals surface area (Å²) in [6.07, 6.45) is 1.62. The van der Waals surface area contributed by atoms with Crippen molar-refractivity contribution >= 4 is 11.9 Å². The van der Waals surface area contributed by atoms with Gasteiger partial charge in [-0.2, -0.15) is 5.10 Å². The Labute approximate surface area is 109 Å². The molecule has 0 saturated carbocycles. The van der Waals surface area contributed by atoms with E-state index in [0.717, 1.165) is 0 Å². The summed E-state index contributed by atoms with van der Waals surface area (Å²) in [4.78, 5) is 24.0. The second-order valence-corrected chi connectivity index (χ2v) is 4.20. The number of carboxylic acids is 1. The van der Waals surface area contributed by atoms with Crippen molar-refractivity contribution in [2.45, 2.75) is 0 Å². The summed E-state index contributed by atoms with van der Waals surface area (Å²) in [6.45, 7) is 0. The number of aromatic carboxylic acids is 1. The Morgan fingerprint density at radius 2 is 2.00 bits per heavy atom. The highest BCUT2D eigenvalue weighted by molar-refractivity contribution is 5.92. The summed E-state index contributed by atoms with van der Waals surface area (Å²) < 4.78 is 1.48. The van der Waals surface area contributed by atoms with Crippen LogP contribution in [0, 0.1) is 0 Å². The number of aromatic nitrogens is 2. The SMILES string of the molecule is CN(C)C(=O)c1ccn(-c2cccc(C(=O)O)c2)n1. The number of benzene rings is 1. The lowest BCUT2D eigenvalue weighted by Gasteiger charge is -2.07. The molecule has 0 spiro atoms. The summed E-state index contributed by atoms with van der Waals surface area (Å²) in [7, 11) is 3.29. The minimum absolute atomic E-state index is 0.175. The van der Waals surface area contributed by atoms with E-state index in [1.807, 2.05) is 0 Å². The molecule has 0 aliphatic carbocycles. The van der Waals surface area contributed by atoms with Gasteiger partial charge in [0.2, 0.25) is 0 Å². The third-order valence-electron chi connectivity index (χ3n) is 2.57. The van der Waals surface area contributed by atoms with E-state index < -0.39 is 5.97 Å². The predicted molar refractivity (Wildman–Crippen MR) is 68.5 cm³/mol. The molecule has 1 heterocycles. The standard InChI is InChI=1S/C13H13N3O3/c1-15(2)12(17)11-6-7-16(14-11)10-5-3-4-9(8-10)13(18)19/h3-8H,1-2H3,(H,18,19). The van der Waals surface area contributed by atoms with Crippen molar-refractivity contribution in [2.24, 2.45) is 0 Å². The van der Waals surface area contributed by atoms with E-state index in [0.29, 0.717) is 11.4 Å². The second kappa shape index (κ2) is 4.93. The molecule has 2 aromatic rings. The van der Waals surface area contributed by atoms with Crippen molar-refractivity contribution in [3.63, 3.8) is 0 Å². The smallest absolute Gasteiger partial charge is 0.335 e. The summed E-state index contributed by atoms with van der Waals surface area (Å²) in [5, 5.41) is 13.1. The first-order valence-electron chi connectivity index (χ1n) is 5.60. The van der Waals surface area contributed by atoms with Crippen LogP contribution in [-0.4, -0.2) is 45.8 Å². The molecule has 1 N–H and O–H groups in total. The van der Waals surface area contributed by atoms with Gasteiger partial charge in [0, 0.05) is 20.3 Å². The van der Waals surface area contributed by atoms with Crippen LogP contribution < -0.4 is 0 Å². The number of rotatable bonds is 3. The first-order chi connectivity index (χ1) is 8.99. The molecule has 0 bridgehead atoms. The fourth-order valence-electron chi connectivity index (χ4n) is 1.59. The number of carbonyl (C=O) groups excluding carboxylic acids is 1. The Bertz CT molecular complexity index is 632. The Morgan fingerprint density at radius 3 is 2.63 bits per heavy atom. The van der Waals surface area contributed by atoms with Gasteiger partial charge in [0.15, 0.2) is 5.69 Å². The van der Waals surface area contributed by atoms with Crippen LogP contribution >= 0.6 is 0 Å². The molecule has 1 aromatic carbocycles. The molecule has 0 radical (unpaired) electrons. The number of hydrogen-bond acceptors (Lipinski definition) is 3. The molecular weight excluding hydrogens is 246 g/mol. The van der Waals surface area contributed by atoms with Crippen molar-refractivity contribution in [1.82, 2.24) is 14.7 Å². The van der Waals surface area contributed by atoms with Crippen LogP contribution in [0.5, 0.6) is 0 Å². The van der Waals surface area contributed by atoms with Crippen LogP contribution in [0.15, 0.2) is 36.5 Å². The third-order valence-corrected chi connectivity index (χ3v) is 2.57. The fraction of sp³-hybridized carbons (Fsp3) is 0.154. The molecule has 0 fully saturated rings. The molecule has 0 aliphatic heterocycles. The van der Waals surface area contributed by atoms with Gasteiger partial charge in [-0.1, -0.05) is 6.07 Å². The van der Waals surface area contributed by atoms with Crippen LogP contribution in [-0.2, 0) is 0 Å². The van der Waals surface area contributed by atoms with E-state index in [1.165, 1.54) is 21.7 Å². The summed E-state index contributed by atoms with van der Waals surface area (Å²) in [5.74, 6) is -1.20. The lowest BCUT2D eigenvalue weighted by atomic mass is 10.2. The molecule has 0 saturated heterocycles. The molecule has 0 unspecified atom stereocenters. The summed E-state index contributed by atoms with van der Waals surface area (Å²) >= 11 is 0. The van der Waals surface area contributed by atoms with Crippen molar-refractivity contribution in [3.05, 3.63) is 47.8 Å². The Balaban J connectivity index is 2.35. The van der Waals surface area contributed by atoms with Crippen molar-refractivity contribution in [1.29, 1.82) is 0 Å². The number of amides is 1. The number of carboxylic acid groups (broad SMARTS) is 1. The minimum Gasteiger partial charge on any atom is -0.478 e. The zero-order valence-electron chi connectivity index (χ0n) is 10.6. The Kier molecular flexibility index (Phi) is 3.33. The van der Waals surface area contributed by atoms with Gasteiger partial charge < -0.3 is 10.0 Å². The van der Waals surface area contributed by atoms with Crippen molar-refractivity contribution in [3.8, 4) is 5.69 Å². The summed E-state index contributed by atoms with van der Waals surface area (Å²) in [5.41, 5.74) is 1.08. The van der Waals surface area contributed by atoms with Crippen LogP contribution in [0.1, 0.15) is 20.8 Å². The molecule has 1 aromatic heterocycles. The van der Waals surface area contributed by atoms with Crippen molar-refractivity contribution in [2.75, 3.05) is 14.1 Å².